The molecule has 0 unspecified atom stereocenters. The fraction of sp³-hybridized carbons (Fsp3) is 0.412. The van der Waals surface area contributed by atoms with E-state index in [1.165, 1.54) is 5.57 Å². The van der Waals surface area contributed by atoms with Gasteiger partial charge in [-0.3, -0.25) is 4.90 Å². The van der Waals surface area contributed by atoms with Gasteiger partial charge < -0.3 is 13.9 Å². The topological polar surface area (TPSA) is 49.8 Å². The molecule has 0 aliphatic rings. The van der Waals surface area contributed by atoms with Crippen LogP contribution in [0.3, 0.4) is 0 Å². The van der Waals surface area contributed by atoms with Gasteiger partial charge in [0.2, 0.25) is 0 Å². The van der Waals surface area contributed by atoms with Gasteiger partial charge in [-0.1, -0.05) is 12.5 Å². The van der Waals surface area contributed by atoms with Gasteiger partial charge in [-0.25, -0.2) is 0 Å². The fourth-order valence-electron chi connectivity index (χ4n) is 2.40. The number of rotatable bonds is 8. The molecule has 114 valence electrons. The lowest BCUT2D eigenvalue weighted by Gasteiger charge is -2.29. The number of aliphatic hydroxyl groups excluding tert-OH is 1. The van der Waals surface area contributed by atoms with Crippen molar-refractivity contribution >= 4 is 6.08 Å². The van der Waals surface area contributed by atoms with Crippen molar-refractivity contribution in [3.05, 3.63) is 53.9 Å². The summed E-state index contributed by atoms with van der Waals surface area (Å²) in [4.78, 5) is 2.23. The van der Waals surface area contributed by atoms with Crippen molar-refractivity contribution in [2.24, 2.45) is 0 Å². The summed E-state index contributed by atoms with van der Waals surface area (Å²) in [6, 6.07) is 7.78. The Kier molecular flexibility index (Phi) is 5.84. The zero-order valence-corrected chi connectivity index (χ0v) is 12.7. The second-order valence-electron chi connectivity index (χ2n) is 5.24. The highest BCUT2D eigenvalue weighted by Crippen LogP contribution is 2.15. The first-order valence-electron chi connectivity index (χ1n) is 7.31. The van der Waals surface area contributed by atoms with Crippen molar-refractivity contribution in [3.63, 3.8) is 0 Å². The Labute approximate surface area is 125 Å². The first-order chi connectivity index (χ1) is 10.2. The first-order valence-corrected chi connectivity index (χ1v) is 7.31. The average Bonchev–Trinajstić information content (AvgIpc) is 3.13. The molecule has 0 amide bonds. The van der Waals surface area contributed by atoms with Crippen molar-refractivity contribution in [1.82, 2.24) is 4.90 Å². The van der Waals surface area contributed by atoms with Gasteiger partial charge in [-0.05, 0) is 43.7 Å². The van der Waals surface area contributed by atoms with Crippen LogP contribution in [0.1, 0.15) is 31.8 Å². The quantitative estimate of drug-likeness (QED) is 0.807. The normalized spacial score (nSPS) is 13.8. The van der Waals surface area contributed by atoms with Crippen molar-refractivity contribution in [2.75, 3.05) is 13.2 Å². The molecule has 0 fully saturated rings. The SMILES string of the molecule is CC[C@@H](CO)N(C/C(C)=C/c1ccco1)Cc1ccco1. The predicted molar refractivity (Wildman–Crippen MR) is 82.6 cm³/mol. The minimum Gasteiger partial charge on any atom is -0.468 e. The van der Waals surface area contributed by atoms with Crippen LogP contribution >= 0.6 is 0 Å². The lowest BCUT2D eigenvalue weighted by molar-refractivity contribution is 0.115. The lowest BCUT2D eigenvalue weighted by Crippen LogP contribution is -2.38. The van der Waals surface area contributed by atoms with E-state index in [1.54, 1.807) is 12.5 Å². The van der Waals surface area contributed by atoms with E-state index < -0.39 is 0 Å². The molecular formula is C17H23NO3. The van der Waals surface area contributed by atoms with E-state index >= 15 is 0 Å². The third-order valence-corrected chi connectivity index (χ3v) is 3.52. The van der Waals surface area contributed by atoms with Crippen LogP contribution in [0.25, 0.3) is 6.08 Å². The molecule has 1 atom stereocenters. The number of nitrogens with zero attached hydrogens (tertiary/aromatic N) is 1. The Morgan fingerprint density at radius 1 is 1.29 bits per heavy atom. The number of furan rings is 2. The largest absolute Gasteiger partial charge is 0.468 e. The van der Waals surface area contributed by atoms with E-state index in [-0.39, 0.29) is 12.6 Å². The maximum Gasteiger partial charge on any atom is 0.126 e. The highest BCUT2D eigenvalue weighted by atomic mass is 16.3. The molecule has 2 aromatic heterocycles. The van der Waals surface area contributed by atoms with Crippen molar-refractivity contribution in [3.8, 4) is 0 Å². The number of hydrogen-bond donors (Lipinski definition) is 1. The second kappa shape index (κ2) is 7.86. The molecule has 0 saturated carbocycles. The minimum atomic E-state index is 0.120. The number of aliphatic hydroxyl groups is 1. The second-order valence-corrected chi connectivity index (χ2v) is 5.24. The van der Waals surface area contributed by atoms with E-state index in [4.69, 9.17) is 8.83 Å². The van der Waals surface area contributed by atoms with E-state index in [1.807, 2.05) is 30.3 Å². The standard InChI is InChI=1S/C17H23NO3/c1-3-15(13-19)18(12-17-7-5-9-21-17)11-14(2)10-16-6-4-8-20-16/h4-10,15,19H,3,11-13H2,1-2H3/b14-10+/t15-/m0/s1. The zero-order chi connectivity index (χ0) is 15.1. The van der Waals surface area contributed by atoms with Crippen molar-refractivity contribution in [2.45, 2.75) is 32.9 Å². The maximum absolute atomic E-state index is 9.58. The molecule has 0 spiro atoms. The molecule has 0 aliphatic carbocycles. The van der Waals surface area contributed by atoms with Gasteiger partial charge in [0.15, 0.2) is 0 Å². The maximum atomic E-state index is 9.58. The van der Waals surface area contributed by atoms with Gasteiger partial charge >= 0.3 is 0 Å². The first kappa shape index (κ1) is 15.6. The highest BCUT2D eigenvalue weighted by Gasteiger charge is 2.17. The van der Waals surface area contributed by atoms with E-state index in [9.17, 15) is 5.11 Å². The summed E-state index contributed by atoms with van der Waals surface area (Å²) >= 11 is 0. The Morgan fingerprint density at radius 2 is 2.05 bits per heavy atom. The molecule has 2 aromatic rings. The third kappa shape index (κ3) is 4.62. The summed E-state index contributed by atoms with van der Waals surface area (Å²) in [6.07, 6.45) is 6.27. The molecule has 0 aliphatic heterocycles. The van der Waals surface area contributed by atoms with Crippen LogP contribution in [-0.4, -0.2) is 29.2 Å². The Bertz CT molecular complexity index is 524. The fourth-order valence-corrected chi connectivity index (χ4v) is 2.40. The van der Waals surface area contributed by atoms with E-state index in [0.717, 1.165) is 24.5 Å². The van der Waals surface area contributed by atoms with Crippen LogP contribution in [0.4, 0.5) is 0 Å². The molecule has 1 N–H and O–H groups in total. The van der Waals surface area contributed by atoms with Crippen LogP contribution in [0.15, 0.2) is 51.2 Å². The van der Waals surface area contributed by atoms with Crippen molar-refractivity contribution in [1.29, 1.82) is 0 Å². The Hall–Kier alpha value is -1.78. The highest BCUT2D eigenvalue weighted by molar-refractivity contribution is 5.46. The summed E-state index contributed by atoms with van der Waals surface area (Å²) in [5.41, 5.74) is 1.18. The van der Waals surface area contributed by atoms with Crippen LogP contribution in [-0.2, 0) is 6.54 Å². The molecule has 2 heterocycles. The summed E-state index contributed by atoms with van der Waals surface area (Å²) < 4.78 is 10.8. The van der Waals surface area contributed by atoms with Gasteiger partial charge in [-0.15, -0.1) is 0 Å². The molecule has 0 bridgehead atoms. The van der Waals surface area contributed by atoms with Crippen LogP contribution in [0.2, 0.25) is 0 Å². The summed E-state index contributed by atoms with van der Waals surface area (Å²) in [5, 5.41) is 9.58. The van der Waals surface area contributed by atoms with Gasteiger partial charge in [0, 0.05) is 12.6 Å². The van der Waals surface area contributed by atoms with E-state index in [0.29, 0.717) is 6.54 Å². The molecule has 4 heteroatoms. The molecule has 21 heavy (non-hydrogen) atoms. The third-order valence-electron chi connectivity index (χ3n) is 3.52. The van der Waals surface area contributed by atoms with Gasteiger partial charge in [-0.2, -0.15) is 0 Å². The Balaban J connectivity index is 2.07. The summed E-state index contributed by atoms with van der Waals surface area (Å²) in [5.74, 6) is 1.76. The van der Waals surface area contributed by atoms with Crippen molar-refractivity contribution < 1.29 is 13.9 Å². The van der Waals surface area contributed by atoms with E-state index in [2.05, 4.69) is 18.7 Å². The average molecular weight is 289 g/mol. The minimum absolute atomic E-state index is 0.120. The predicted octanol–water partition coefficient (Wildman–Crippen LogP) is 3.55. The van der Waals surface area contributed by atoms with Gasteiger partial charge in [0.25, 0.3) is 0 Å². The zero-order valence-electron chi connectivity index (χ0n) is 12.7. The smallest absolute Gasteiger partial charge is 0.126 e. The molecule has 0 radical (unpaired) electrons. The van der Waals surface area contributed by atoms with Crippen LogP contribution < -0.4 is 0 Å². The number of hydrogen-bond acceptors (Lipinski definition) is 4. The van der Waals surface area contributed by atoms with Gasteiger partial charge in [0.05, 0.1) is 25.7 Å². The monoisotopic (exact) mass is 289 g/mol. The molecule has 0 aromatic carbocycles. The summed E-state index contributed by atoms with van der Waals surface area (Å²) in [7, 11) is 0. The lowest BCUT2D eigenvalue weighted by atomic mass is 10.1. The molecule has 2 rings (SSSR count). The summed E-state index contributed by atoms with van der Waals surface area (Å²) in [6.45, 7) is 5.75. The van der Waals surface area contributed by atoms with Gasteiger partial charge in [0.1, 0.15) is 11.5 Å². The molecule has 4 nitrogen and oxygen atoms in total. The Morgan fingerprint density at radius 3 is 2.62 bits per heavy atom. The molecular weight excluding hydrogens is 266 g/mol. The van der Waals surface area contributed by atoms with Crippen LogP contribution in [0.5, 0.6) is 0 Å². The molecule has 0 saturated heterocycles. The van der Waals surface area contributed by atoms with Crippen LogP contribution in [0, 0.1) is 0 Å².